The van der Waals surface area contributed by atoms with E-state index in [9.17, 15) is 12.8 Å². The molecular weight excluding hydrogens is 293 g/mol. The average Bonchev–Trinajstić information content (AvgIpc) is 2.45. The van der Waals surface area contributed by atoms with Gasteiger partial charge in [0, 0.05) is 18.4 Å². The van der Waals surface area contributed by atoms with Crippen molar-refractivity contribution in [1.29, 1.82) is 0 Å². The summed E-state index contributed by atoms with van der Waals surface area (Å²) in [6, 6.07) is 7.80. The third kappa shape index (κ3) is 3.43. The zero-order valence-electron chi connectivity index (χ0n) is 11.8. The minimum absolute atomic E-state index is 0.0799. The van der Waals surface area contributed by atoms with E-state index in [1.54, 1.807) is 19.1 Å². The van der Waals surface area contributed by atoms with Crippen LogP contribution in [-0.2, 0) is 16.6 Å². The van der Waals surface area contributed by atoms with Crippen LogP contribution in [0.2, 0.25) is 0 Å². The molecule has 2 aromatic rings. The summed E-state index contributed by atoms with van der Waals surface area (Å²) in [5.74, 6) is -0.854. The predicted octanol–water partition coefficient (Wildman–Crippen LogP) is 2.13. The summed E-state index contributed by atoms with van der Waals surface area (Å²) in [7, 11) is -3.99. The number of hydrogen-bond donors (Lipinski definition) is 0. The number of hydrogen-bond acceptors (Lipinski definition) is 4. The maximum Gasteiger partial charge on any atom is 0.263 e. The van der Waals surface area contributed by atoms with E-state index in [0.29, 0.717) is 5.69 Å². The van der Waals surface area contributed by atoms with Crippen molar-refractivity contribution in [3.63, 3.8) is 0 Å². The van der Waals surface area contributed by atoms with E-state index in [0.717, 1.165) is 16.1 Å². The highest BCUT2D eigenvalue weighted by atomic mass is 32.2. The van der Waals surface area contributed by atoms with Crippen molar-refractivity contribution >= 4 is 10.0 Å². The van der Waals surface area contributed by atoms with Crippen molar-refractivity contribution in [2.45, 2.75) is 25.4 Å². The molecule has 7 heteroatoms. The molecule has 0 saturated heterocycles. The fourth-order valence-corrected chi connectivity index (χ4v) is 3.31. The average molecular weight is 309 g/mol. The van der Waals surface area contributed by atoms with E-state index < -0.39 is 20.9 Å². The van der Waals surface area contributed by atoms with Crippen LogP contribution in [0.1, 0.15) is 18.3 Å². The monoisotopic (exact) mass is 309 g/mol. The number of sulfonamides is 1. The molecule has 112 valence electrons. The summed E-state index contributed by atoms with van der Waals surface area (Å²) < 4.78 is 39.8. The van der Waals surface area contributed by atoms with E-state index in [1.807, 2.05) is 13.0 Å². The van der Waals surface area contributed by atoms with Crippen LogP contribution in [0.3, 0.4) is 0 Å². The Balaban J connectivity index is 2.35. The standard InChI is InChI=1S/C14H16FN3O2S/c1-3-18(10-12-7-4-6-11(2)17-12)21(19,20)14-13(15)8-5-9-16-14/h4-9H,3,10H2,1-2H3. The second-order valence-electron chi connectivity index (χ2n) is 4.49. The zero-order chi connectivity index (χ0) is 15.5. The molecule has 2 heterocycles. The second kappa shape index (κ2) is 6.28. The third-order valence-electron chi connectivity index (χ3n) is 2.95. The SMILES string of the molecule is CCN(Cc1cccc(C)n1)S(=O)(=O)c1ncccc1F. The van der Waals surface area contributed by atoms with Gasteiger partial charge in [-0.2, -0.15) is 4.31 Å². The summed E-state index contributed by atoms with van der Waals surface area (Å²) in [6.45, 7) is 3.80. The lowest BCUT2D eigenvalue weighted by molar-refractivity contribution is 0.411. The fraction of sp³-hybridized carbons (Fsp3) is 0.286. The third-order valence-corrected chi connectivity index (χ3v) is 4.80. The van der Waals surface area contributed by atoms with Gasteiger partial charge in [-0.05, 0) is 31.2 Å². The molecular formula is C14H16FN3O2S. The normalized spacial score (nSPS) is 11.8. The van der Waals surface area contributed by atoms with E-state index in [2.05, 4.69) is 9.97 Å². The minimum atomic E-state index is -3.99. The summed E-state index contributed by atoms with van der Waals surface area (Å²) >= 11 is 0. The number of rotatable bonds is 5. The molecule has 0 atom stereocenters. The van der Waals surface area contributed by atoms with Crippen LogP contribution in [0.15, 0.2) is 41.6 Å². The van der Waals surface area contributed by atoms with Gasteiger partial charge in [-0.1, -0.05) is 13.0 Å². The molecule has 0 bridgehead atoms. The number of halogens is 1. The Morgan fingerprint density at radius 2 is 2.00 bits per heavy atom. The second-order valence-corrected chi connectivity index (χ2v) is 6.35. The summed E-state index contributed by atoms with van der Waals surface area (Å²) in [5.41, 5.74) is 1.40. The highest BCUT2D eigenvalue weighted by molar-refractivity contribution is 7.89. The first-order valence-electron chi connectivity index (χ1n) is 6.48. The van der Waals surface area contributed by atoms with E-state index in [-0.39, 0.29) is 13.1 Å². The lowest BCUT2D eigenvalue weighted by Gasteiger charge is -2.19. The predicted molar refractivity (Wildman–Crippen MR) is 76.4 cm³/mol. The largest absolute Gasteiger partial charge is 0.263 e. The van der Waals surface area contributed by atoms with E-state index >= 15 is 0 Å². The molecule has 0 unspecified atom stereocenters. The molecule has 2 rings (SSSR count). The first-order valence-corrected chi connectivity index (χ1v) is 7.92. The molecule has 0 aliphatic rings. The minimum Gasteiger partial charge on any atom is -0.257 e. The van der Waals surface area contributed by atoms with Crippen molar-refractivity contribution in [2.75, 3.05) is 6.54 Å². The number of pyridine rings is 2. The van der Waals surface area contributed by atoms with Crippen LogP contribution in [-0.4, -0.2) is 29.2 Å². The van der Waals surface area contributed by atoms with Crippen molar-refractivity contribution in [3.05, 3.63) is 53.7 Å². The van der Waals surface area contributed by atoms with Crippen LogP contribution >= 0.6 is 0 Å². The van der Waals surface area contributed by atoms with Gasteiger partial charge < -0.3 is 0 Å². The fourth-order valence-electron chi connectivity index (χ4n) is 1.92. The Bertz CT molecular complexity index is 735. The molecule has 0 radical (unpaired) electrons. The van der Waals surface area contributed by atoms with Crippen LogP contribution in [0.5, 0.6) is 0 Å². The number of nitrogens with zero attached hydrogens (tertiary/aromatic N) is 3. The highest BCUT2D eigenvalue weighted by Crippen LogP contribution is 2.18. The lowest BCUT2D eigenvalue weighted by Crippen LogP contribution is -2.32. The van der Waals surface area contributed by atoms with Crippen molar-refractivity contribution in [1.82, 2.24) is 14.3 Å². The molecule has 2 aromatic heterocycles. The zero-order valence-corrected chi connectivity index (χ0v) is 12.6. The first-order chi connectivity index (χ1) is 9.95. The topological polar surface area (TPSA) is 63.2 Å². The van der Waals surface area contributed by atoms with Crippen molar-refractivity contribution in [2.24, 2.45) is 0 Å². The molecule has 0 amide bonds. The maximum absolute atomic E-state index is 13.7. The van der Waals surface area contributed by atoms with Gasteiger partial charge in [-0.15, -0.1) is 0 Å². The first kappa shape index (κ1) is 15.5. The van der Waals surface area contributed by atoms with Gasteiger partial charge in [0.25, 0.3) is 10.0 Å². The van der Waals surface area contributed by atoms with Gasteiger partial charge >= 0.3 is 0 Å². The van der Waals surface area contributed by atoms with Crippen LogP contribution in [0.4, 0.5) is 4.39 Å². The van der Waals surface area contributed by atoms with Crippen molar-refractivity contribution < 1.29 is 12.8 Å². The van der Waals surface area contributed by atoms with Gasteiger partial charge in [-0.25, -0.2) is 17.8 Å². The highest BCUT2D eigenvalue weighted by Gasteiger charge is 2.28. The van der Waals surface area contributed by atoms with Gasteiger partial charge in [0.1, 0.15) is 0 Å². The van der Waals surface area contributed by atoms with Crippen LogP contribution in [0.25, 0.3) is 0 Å². The molecule has 0 aromatic carbocycles. The summed E-state index contributed by atoms with van der Waals surface area (Å²) in [4.78, 5) is 7.92. The van der Waals surface area contributed by atoms with Crippen LogP contribution < -0.4 is 0 Å². The van der Waals surface area contributed by atoms with Gasteiger partial charge in [0.2, 0.25) is 5.03 Å². The quantitative estimate of drug-likeness (QED) is 0.849. The Morgan fingerprint density at radius 3 is 2.62 bits per heavy atom. The molecule has 0 spiro atoms. The van der Waals surface area contributed by atoms with Crippen molar-refractivity contribution in [3.8, 4) is 0 Å². The number of aryl methyl sites for hydroxylation is 1. The molecule has 0 fully saturated rings. The Kier molecular flexibility index (Phi) is 4.64. The molecule has 21 heavy (non-hydrogen) atoms. The van der Waals surface area contributed by atoms with Gasteiger partial charge in [0.05, 0.1) is 12.2 Å². The smallest absolute Gasteiger partial charge is 0.257 e. The molecule has 5 nitrogen and oxygen atoms in total. The molecule has 0 aliphatic heterocycles. The summed E-state index contributed by atoms with van der Waals surface area (Å²) in [5, 5.41) is -0.556. The molecule has 0 saturated carbocycles. The van der Waals surface area contributed by atoms with Crippen LogP contribution in [0, 0.1) is 12.7 Å². The van der Waals surface area contributed by atoms with E-state index in [4.69, 9.17) is 0 Å². The summed E-state index contributed by atoms with van der Waals surface area (Å²) in [6.07, 6.45) is 1.26. The molecule has 0 aliphatic carbocycles. The Morgan fingerprint density at radius 1 is 1.24 bits per heavy atom. The molecule has 0 N–H and O–H groups in total. The van der Waals surface area contributed by atoms with E-state index in [1.165, 1.54) is 12.3 Å². The number of aromatic nitrogens is 2. The van der Waals surface area contributed by atoms with Gasteiger partial charge in [0.15, 0.2) is 5.82 Å². The lowest BCUT2D eigenvalue weighted by atomic mass is 10.3. The Hall–Kier alpha value is -1.86. The van der Waals surface area contributed by atoms with Gasteiger partial charge in [-0.3, -0.25) is 4.98 Å². The maximum atomic E-state index is 13.7. The Labute approximate surface area is 123 Å².